The summed E-state index contributed by atoms with van der Waals surface area (Å²) >= 11 is 0. The Balaban J connectivity index is 1.69. The molecule has 0 saturated carbocycles. The van der Waals surface area contributed by atoms with Gasteiger partial charge in [-0.15, -0.1) is 0 Å². The second-order valence-electron chi connectivity index (χ2n) is 4.29. The molecule has 0 saturated heterocycles. The monoisotopic (exact) mass is 259 g/mol. The van der Waals surface area contributed by atoms with Crippen molar-refractivity contribution in [3.8, 4) is 5.75 Å². The van der Waals surface area contributed by atoms with Gasteiger partial charge in [0.05, 0.1) is 12.5 Å². The Labute approximate surface area is 112 Å². The van der Waals surface area contributed by atoms with E-state index in [1.807, 2.05) is 37.3 Å². The van der Waals surface area contributed by atoms with Crippen LogP contribution in [0.5, 0.6) is 5.75 Å². The van der Waals surface area contributed by atoms with Crippen LogP contribution in [0.1, 0.15) is 11.1 Å². The summed E-state index contributed by atoms with van der Waals surface area (Å²) in [4.78, 5) is 11.6. The van der Waals surface area contributed by atoms with Gasteiger partial charge in [-0.1, -0.05) is 18.2 Å². The van der Waals surface area contributed by atoms with Crippen LogP contribution >= 0.6 is 0 Å². The molecule has 1 heterocycles. The van der Waals surface area contributed by atoms with E-state index in [1.54, 1.807) is 12.5 Å². The lowest BCUT2D eigenvalue weighted by molar-refractivity contribution is -0.123. The van der Waals surface area contributed by atoms with Gasteiger partial charge in [-0.25, -0.2) is 0 Å². The molecule has 0 unspecified atom stereocenters. The fourth-order valence-electron chi connectivity index (χ4n) is 1.69. The number of rotatable bonds is 6. The van der Waals surface area contributed by atoms with Crippen molar-refractivity contribution in [2.45, 2.75) is 13.3 Å². The third-order valence-electron chi connectivity index (χ3n) is 2.77. The molecule has 2 rings (SSSR count). The third-order valence-corrected chi connectivity index (χ3v) is 2.77. The van der Waals surface area contributed by atoms with Crippen molar-refractivity contribution in [3.63, 3.8) is 0 Å². The van der Waals surface area contributed by atoms with Gasteiger partial charge in [0.1, 0.15) is 5.75 Å². The van der Waals surface area contributed by atoms with Gasteiger partial charge >= 0.3 is 0 Å². The molecule has 1 aromatic carbocycles. The molecule has 2 aromatic rings. The number of carbonyl (C=O) groups is 1. The average molecular weight is 259 g/mol. The largest absolute Gasteiger partial charge is 0.484 e. The highest BCUT2D eigenvalue weighted by Gasteiger charge is 2.04. The molecular formula is C15H17NO3. The van der Waals surface area contributed by atoms with Crippen LogP contribution in [0.2, 0.25) is 0 Å². The molecule has 1 amide bonds. The lowest BCUT2D eigenvalue weighted by Gasteiger charge is -2.08. The summed E-state index contributed by atoms with van der Waals surface area (Å²) in [5, 5.41) is 2.81. The summed E-state index contributed by atoms with van der Waals surface area (Å²) in [6.45, 7) is 2.57. The van der Waals surface area contributed by atoms with Gasteiger partial charge in [0.2, 0.25) is 0 Å². The Morgan fingerprint density at radius 2 is 2.16 bits per heavy atom. The molecule has 0 atom stereocenters. The van der Waals surface area contributed by atoms with E-state index in [2.05, 4.69) is 5.32 Å². The molecule has 0 bridgehead atoms. The zero-order valence-corrected chi connectivity index (χ0v) is 10.9. The van der Waals surface area contributed by atoms with Gasteiger partial charge in [-0.05, 0) is 36.6 Å². The van der Waals surface area contributed by atoms with E-state index in [1.165, 1.54) is 0 Å². The van der Waals surface area contributed by atoms with Crippen molar-refractivity contribution in [1.29, 1.82) is 0 Å². The van der Waals surface area contributed by atoms with E-state index in [4.69, 9.17) is 9.15 Å². The molecular weight excluding hydrogens is 242 g/mol. The van der Waals surface area contributed by atoms with Crippen molar-refractivity contribution in [2.75, 3.05) is 13.2 Å². The molecule has 100 valence electrons. The van der Waals surface area contributed by atoms with E-state index < -0.39 is 0 Å². The number of carbonyl (C=O) groups excluding carboxylic acids is 1. The molecule has 0 aliphatic carbocycles. The van der Waals surface area contributed by atoms with Crippen molar-refractivity contribution < 1.29 is 13.9 Å². The standard InChI is InChI=1S/C15H17NO3/c1-12-4-2-3-5-14(12)19-11-15(17)16-8-6-13-7-9-18-10-13/h2-5,7,9-10H,6,8,11H2,1H3,(H,16,17). The van der Waals surface area contributed by atoms with Crippen LogP contribution < -0.4 is 10.1 Å². The molecule has 4 heteroatoms. The number of hydrogen-bond acceptors (Lipinski definition) is 3. The molecule has 4 nitrogen and oxygen atoms in total. The summed E-state index contributed by atoms with van der Waals surface area (Å²) in [5.41, 5.74) is 2.09. The van der Waals surface area contributed by atoms with Crippen LogP contribution in [-0.2, 0) is 11.2 Å². The number of amides is 1. The van der Waals surface area contributed by atoms with Crippen molar-refractivity contribution in [1.82, 2.24) is 5.32 Å². The van der Waals surface area contributed by atoms with E-state index in [9.17, 15) is 4.79 Å². The zero-order chi connectivity index (χ0) is 13.5. The summed E-state index contributed by atoms with van der Waals surface area (Å²) in [6.07, 6.45) is 4.06. The maximum Gasteiger partial charge on any atom is 0.257 e. The van der Waals surface area contributed by atoms with Gasteiger partial charge in [-0.3, -0.25) is 4.79 Å². The van der Waals surface area contributed by atoms with Crippen LogP contribution in [0.15, 0.2) is 47.3 Å². The molecule has 0 aliphatic rings. The van der Waals surface area contributed by atoms with E-state index in [-0.39, 0.29) is 12.5 Å². The minimum Gasteiger partial charge on any atom is -0.484 e. The Hall–Kier alpha value is -2.23. The Morgan fingerprint density at radius 3 is 2.89 bits per heavy atom. The topological polar surface area (TPSA) is 51.5 Å². The Kier molecular flexibility index (Phi) is 4.61. The first-order valence-electron chi connectivity index (χ1n) is 6.22. The van der Waals surface area contributed by atoms with E-state index >= 15 is 0 Å². The molecule has 1 aromatic heterocycles. The number of benzene rings is 1. The van der Waals surface area contributed by atoms with Crippen molar-refractivity contribution in [2.24, 2.45) is 0 Å². The lowest BCUT2D eigenvalue weighted by atomic mass is 10.2. The first-order chi connectivity index (χ1) is 9.25. The van der Waals surface area contributed by atoms with Gasteiger partial charge < -0.3 is 14.5 Å². The van der Waals surface area contributed by atoms with Crippen LogP contribution in [0.4, 0.5) is 0 Å². The highest BCUT2D eigenvalue weighted by atomic mass is 16.5. The Morgan fingerprint density at radius 1 is 1.32 bits per heavy atom. The molecule has 0 aliphatic heterocycles. The third kappa shape index (κ3) is 4.17. The van der Waals surface area contributed by atoms with E-state index in [0.717, 1.165) is 23.3 Å². The molecule has 1 N–H and O–H groups in total. The fourth-order valence-corrected chi connectivity index (χ4v) is 1.69. The first-order valence-corrected chi connectivity index (χ1v) is 6.22. The summed E-state index contributed by atoms with van der Waals surface area (Å²) in [7, 11) is 0. The molecule has 0 spiro atoms. The highest BCUT2D eigenvalue weighted by Crippen LogP contribution is 2.15. The highest BCUT2D eigenvalue weighted by molar-refractivity contribution is 5.77. The van der Waals surface area contributed by atoms with Gasteiger partial charge in [0.25, 0.3) is 5.91 Å². The number of furan rings is 1. The summed E-state index contributed by atoms with van der Waals surface area (Å²) < 4.78 is 10.4. The molecule has 19 heavy (non-hydrogen) atoms. The quantitative estimate of drug-likeness (QED) is 0.866. The van der Waals surface area contributed by atoms with E-state index in [0.29, 0.717) is 6.54 Å². The number of ether oxygens (including phenoxy) is 1. The molecule has 0 radical (unpaired) electrons. The fraction of sp³-hybridized carbons (Fsp3) is 0.267. The lowest BCUT2D eigenvalue weighted by Crippen LogP contribution is -2.30. The predicted molar refractivity (Wildman–Crippen MR) is 72.1 cm³/mol. The van der Waals surface area contributed by atoms with Gasteiger partial charge in [0.15, 0.2) is 6.61 Å². The van der Waals surface area contributed by atoms with Crippen LogP contribution in [-0.4, -0.2) is 19.1 Å². The maximum absolute atomic E-state index is 11.6. The van der Waals surface area contributed by atoms with Crippen molar-refractivity contribution >= 4 is 5.91 Å². The number of para-hydroxylation sites is 1. The van der Waals surface area contributed by atoms with Crippen LogP contribution in [0, 0.1) is 6.92 Å². The van der Waals surface area contributed by atoms with Crippen LogP contribution in [0.3, 0.4) is 0 Å². The smallest absolute Gasteiger partial charge is 0.257 e. The minimum absolute atomic E-state index is 0.0379. The second-order valence-corrected chi connectivity index (χ2v) is 4.29. The summed E-state index contributed by atoms with van der Waals surface area (Å²) in [5.74, 6) is 0.624. The predicted octanol–water partition coefficient (Wildman–Crippen LogP) is 2.33. The minimum atomic E-state index is -0.119. The maximum atomic E-state index is 11.6. The first kappa shape index (κ1) is 13.2. The van der Waals surface area contributed by atoms with Gasteiger partial charge in [0, 0.05) is 6.54 Å². The zero-order valence-electron chi connectivity index (χ0n) is 10.9. The van der Waals surface area contributed by atoms with Crippen LogP contribution in [0.25, 0.3) is 0 Å². The number of aryl methyl sites for hydroxylation is 1. The number of hydrogen-bond donors (Lipinski definition) is 1. The second kappa shape index (κ2) is 6.64. The van der Waals surface area contributed by atoms with Crippen molar-refractivity contribution in [3.05, 3.63) is 54.0 Å². The average Bonchev–Trinajstić information content (AvgIpc) is 2.91. The Bertz CT molecular complexity index is 520. The SMILES string of the molecule is Cc1ccccc1OCC(=O)NCCc1ccoc1. The summed E-state index contributed by atoms with van der Waals surface area (Å²) in [6, 6.07) is 9.52. The normalized spacial score (nSPS) is 10.2. The number of nitrogens with one attached hydrogen (secondary N) is 1. The van der Waals surface area contributed by atoms with Gasteiger partial charge in [-0.2, -0.15) is 0 Å². The molecule has 0 fully saturated rings.